The topological polar surface area (TPSA) is 67.9 Å². The number of hydrogen-bond acceptors (Lipinski definition) is 6. The van der Waals surface area contributed by atoms with Gasteiger partial charge in [0.2, 0.25) is 0 Å². The Hall–Kier alpha value is -2.85. The molecule has 0 aliphatic carbocycles. The van der Waals surface area contributed by atoms with Gasteiger partial charge in [-0.05, 0) is 99.7 Å². The summed E-state index contributed by atoms with van der Waals surface area (Å²) in [6, 6.07) is 18.4. The van der Waals surface area contributed by atoms with Crippen molar-refractivity contribution in [2.75, 3.05) is 6.61 Å². The third-order valence-electron chi connectivity index (χ3n) is 5.95. The molecule has 2 amide bonds. The molecule has 1 heterocycles. The first kappa shape index (κ1) is 30.1. The van der Waals surface area contributed by atoms with Crippen molar-refractivity contribution in [3.8, 4) is 11.5 Å². The van der Waals surface area contributed by atoms with E-state index in [-0.39, 0.29) is 9.74 Å². The number of ether oxygens (including phenoxy) is 2. The van der Waals surface area contributed by atoms with Crippen molar-refractivity contribution in [1.82, 2.24) is 10.4 Å². The lowest BCUT2D eigenvalue weighted by molar-refractivity contribution is -0.123. The van der Waals surface area contributed by atoms with Gasteiger partial charge in [0, 0.05) is 10.6 Å². The van der Waals surface area contributed by atoms with Crippen LogP contribution in [0.2, 0.25) is 5.02 Å². The van der Waals surface area contributed by atoms with Crippen LogP contribution in [0.1, 0.15) is 54.7 Å². The van der Waals surface area contributed by atoms with Gasteiger partial charge in [0.25, 0.3) is 11.8 Å². The van der Waals surface area contributed by atoms with Crippen LogP contribution >= 0.6 is 51.5 Å². The van der Waals surface area contributed by atoms with Crippen LogP contribution in [0, 0.1) is 0 Å². The smallest absolute Gasteiger partial charge is 0.285 e. The van der Waals surface area contributed by atoms with Crippen LogP contribution in [0.25, 0.3) is 6.08 Å². The first-order valence-electron chi connectivity index (χ1n) is 12.5. The number of thiocarbonyl (C=S) groups is 1. The van der Waals surface area contributed by atoms with Crippen LogP contribution in [-0.4, -0.2) is 27.8 Å². The Morgan fingerprint density at radius 1 is 1.10 bits per heavy atom. The van der Waals surface area contributed by atoms with E-state index in [4.69, 9.17) is 33.3 Å². The molecule has 3 aromatic carbocycles. The van der Waals surface area contributed by atoms with Gasteiger partial charge in [0.15, 0.2) is 15.8 Å². The number of halogens is 2. The van der Waals surface area contributed by atoms with Gasteiger partial charge in [-0.3, -0.25) is 15.0 Å². The summed E-state index contributed by atoms with van der Waals surface area (Å²) in [5.74, 6) is 0.221. The molecular formula is C30H28BrClN2O4S2. The van der Waals surface area contributed by atoms with Crippen molar-refractivity contribution >= 4 is 73.7 Å². The quantitative estimate of drug-likeness (QED) is 0.196. The fourth-order valence-electron chi connectivity index (χ4n) is 3.81. The number of benzene rings is 3. The number of hydrogen-bond donors (Lipinski definition) is 1. The second kappa shape index (κ2) is 12.8. The third kappa shape index (κ3) is 7.26. The van der Waals surface area contributed by atoms with Gasteiger partial charge in [-0.2, -0.15) is 5.01 Å². The van der Waals surface area contributed by atoms with Crippen LogP contribution in [0.4, 0.5) is 0 Å². The highest BCUT2D eigenvalue weighted by Crippen LogP contribution is 2.39. The van der Waals surface area contributed by atoms with E-state index in [0.717, 1.165) is 22.3 Å². The molecule has 40 heavy (non-hydrogen) atoms. The number of thioether (sulfide) groups is 1. The Morgan fingerprint density at radius 3 is 2.40 bits per heavy atom. The molecule has 0 radical (unpaired) electrons. The van der Waals surface area contributed by atoms with E-state index in [1.54, 1.807) is 30.3 Å². The zero-order valence-corrected chi connectivity index (χ0v) is 26.4. The highest BCUT2D eigenvalue weighted by Gasteiger charge is 2.34. The average molecular weight is 660 g/mol. The second-order valence-electron chi connectivity index (χ2n) is 9.96. The summed E-state index contributed by atoms with van der Waals surface area (Å²) in [5.41, 5.74) is 6.01. The lowest BCUT2D eigenvalue weighted by atomic mass is 9.87. The summed E-state index contributed by atoms with van der Waals surface area (Å²) < 4.78 is 12.9. The molecule has 1 aliphatic heterocycles. The maximum Gasteiger partial charge on any atom is 0.285 e. The minimum atomic E-state index is -0.467. The summed E-state index contributed by atoms with van der Waals surface area (Å²) >= 11 is 16.0. The van der Waals surface area contributed by atoms with Gasteiger partial charge >= 0.3 is 0 Å². The predicted octanol–water partition coefficient (Wildman–Crippen LogP) is 7.92. The number of nitrogens with one attached hydrogen (secondary N) is 1. The molecule has 0 spiro atoms. The van der Waals surface area contributed by atoms with E-state index in [1.807, 2.05) is 19.1 Å². The van der Waals surface area contributed by atoms with Crippen molar-refractivity contribution in [3.05, 3.63) is 97.3 Å². The molecule has 0 bridgehead atoms. The molecule has 0 unspecified atom stereocenters. The molecule has 1 saturated heterocycles. The van der Waals surface area contributed by atoms with E-state index in [9.17, 15) is 9.59 Å². The zero-order chi connectivity index (χ0) is 29.0. The molecule has 6 nitrogen and oxygen atoms in total. The lowest BCUT2D eigenvalue weighted by Gasteiger charge is -2.19. The number of rotatable bonds is 8. The van der Waals surface area contributed by atoms with E-state index in [1.165, 1.54) is 5.56 Å². The number of nitrogens with zero attached hydrogens (tertiary/aromatic N) is 1. The number of carbonyl (C=O) groups is 2. The molecule has 10 heteroatoms. The second-order valence-corrected chi connectivity index (χ2v) is 12.9. The largest absolute Gasteiger partial charge is 0.490 e. The van der Waals surface area contributed by atoms with Crippen LogP contribution in [0.3, 0.4) is 0 Å². The van der Waals surface area contributed by atoms with Gasteiger partial charge in [-0.1, -0.05) is 68.4 Å². The number of carbonyl (C=O) groups excluding carboxylic acids is 2. The van der Waals surface area contributed by atoms with Crippen LogP contribution in [0.5, 0.6) is 11.5 Å². The summed E-state index contributed by atoms with van der Waals surface area (Å²) in [6.45, 7) is 9.24. The standard InChI is InChI=1S/C30H28BrClN2O4S2/c1-5-37-24-15-19(14-23(31)26(24)38-17-18-6-10-21(11-7-18)30(2,3)4)16-25-28(36)34(29(39)40-25)33-27(35)20-8-12-22(32)13-9-20/h6-16H,5,17H2,1-4H3,(H,33,35)/b25-16+. The summed E-state index contributed by atoms with van der Waals surface area (Å²) in [7, 11) is 0. The number of amides is 2. The molecule has 4 rings (SSSR count). The summed E-state index contributed by atoms with van der Waals surface area (Å²) in [4.78, 5) is 26.1. The Labute approximate surface area is 257 Å². The van der Waals surface area contributed by atoms with Crippen LogP contribution in [-0.2, 0) is 16.8 Å². The molecule has 0 atom stereocenters. The average Bonchev–Trinajstić information content (AvgIpc) is 3.15. The van der Waals surface area contributed by atoms with Crippen molar-refractivity contribution in [1.29, 1.82) is 0 Å². The molecule has 1 N–H and O–H groups in total. The molecule has 0 aromatic heterocycles. The van der Waals surface area contributed by atoms with Crippen molar-refractivity contribution in [2.24, 2.45) is 0 Å². The van der Waals surface area contributed by atoms with Crippen molar-refractivity contribution < 1.29 is 19.1 Å². The minimum Gasteiger partial charge on any atom is -0.490 e. The maximum absolute atomic E-state index is 13.1. The Bertz CT molecular complexity index is 1470. The molecule has 3 aromatic rings. The highest BCUT2D eigenvalue weighted by atomic mass is 79.9. The zero-order valence-electron chi connectivity index (χ0n) is 22.4. The Balaban J connectivity index is 1.50. The normalized spacial score (nSPS) is 14.6. The Morgan fingerprint density at radius 2 is 1.77 bits per heavy atom. The van der Waals surface area contributed by atoms with Crippen molar-refractivity contribution in [3.63, 3.8) is 0 Å². The predicted molar refractivity (Wildman–Crippen MR) is 169 cm³/mol. The van der Waals surface area contributed by atoms with Gasteiger partial charge in [-0.25, -0.2) is 0 Å². The summed E-state index contributed by atoms with van der Waals surface area (Å²) in [6.07, 6.45) is 1.70. The van der Waals surface area contributed by atoms with E-state index in [0.29, 0.717) is 50.2 Å². The van der Waals surface area contributed by atoms with Gasteiger partial charge < -0.3 is 9.47 Å². The highest BCUT2D eigenvalue weighted by molar-refractivity contribution is 9.10. The monoisotopic (exact) mass is 658 g/mol. The van der Waals surface area contributed by atoms with Crippen LogP contribution < -0.4 is 14.9 Å². The Kier molecular flexibility index (Phi) is 9.61. The first-order valence-corrected chi connectivity index (χ1v) is 14.9. The summed E-state index contributed by atoms with van der Waals surface area (Å²) in [5, 5.41) is 1.58. The van der Waals surface area contributed by atoms with Crippen molar-refractivity contribution in [2.45, 2.75) is 39.7 Å². The molecular weight excluding hydrogens is 632 g/mol. The van der Waals surface area contributed by atoms with E-state index < -0.39 is 11.8 Å². The molecule has 0 saturated carbocycles. The third-order valence-corrected chi connectivity index (χ3v) is 8.09. The fourth-order valence-corrected chi connectivity index (χ4v) is 5.69. The molecule has 1 aliphatic rings. The van der Waals surface area contributed by atoms with Crippen LogP contribution in [0.15, 0.2) is 70.0 Å². The van der Waals surface area contributed by atoms with Gasteiger partial charge in [0.1, 0.15) is 6.61 Å². The molecule has 208 valence electrons. The van der Waals surface area contributed by atoms with E-state index in [2.05, 4.69) is 66.4 Å². The fraction of sp³-hybridized carbons (Fsp3) is 0.233. The maximum atomic E-state index is 13.1. The first-order chi connectivity index (χ1) is 19.0. The van der Waals surface area contributed by atoms with Gasteiger partial charge in [0.05, 0.1) is 16.0 Å². The SMILES string of the molecule is CCOc1cc(/C=C2/SC(=S)N(NC(=O)c3ccc(Cl)cc3)C2=O)cc(Br)c1OCc1ccc(C(C)(C)C)cc1. The van der Waals surface area contributed by atoms with Gasteiger partial charge in [-0.15, -0.1) is 0 Å². The molecule has 1 fully saturated rings. The van der Waals surface area contributed by atoms with E-state index >= 15 is 0 Å². The minimum absolute atomic E-state index is 0.0803. The number of hydrazine groups is 1. The lowest BCUT2D eigenvalue weighted by Crippen LogP contribution is -2.44.